The minimum atomic E-state index is -0.423. The number of nitrogens with zero attached hydrogens (tertiary/aromatic N) is 1. The van der Waals surface area contributed by atoms with Crippen molar-refractivity contribution < 1.29 is 14.3 Å². The van der Waals surface area contributed by atoms with E-state index in [1.807, 2.05) is 38.2 Å². The van der Waals surface area contributed by atoms with Crippen molar-refractivity contribution in [2.75, 3.05) is 19.0 Å². The molecule has 144 valence electrons. The van der Waals surface area contributed by atoms with Gasteiger partial charge in [0.2, 0.25) is 5.91 Å². The first-order valence-electron chi connectivity index (χ1n) is 9.25. The monoisotopic (exact) mass is 387 g/mol. The molecule has 1 fully saturated rings. The Morgan fingerprint density at radius 3 is 2.74 bits per heavy atom. The summed E-state index contributed by atoms with van der Waals surface area (Å²) < 4.78 is 5.26. The van der Waals surface area contributed by atoms with Gasteiger partial charge in [-0.15, -0.1) is 0 Å². The van der Waals surface area contributed by atoms with E-state index in [2.05, 4.69) is 10.6 Å². The number of hydrogen-bond acceptors (Lipinski definition) is 4. The lowest BCUT2D eigenvalue weighted by Crippen LogP contribution is -2.46. The van der Waals surface area contributed by atoms with E-state index in [-0.39, 0.29) is 17.8 Å². The topological polar surface area (TPSA) is 70.7 Å². The molecule has 1 heterocycles. The Hall–Kier alpha value is -2.41. The maximum absolute atomic E-state index is 12.6. The van der Waals surface area contributed by atoms with Crippen molar-refractivity contribution in [2.24, 2.45) is 5.92 Å². The van der Waals surface area contributed by atoms with Gasteiger partial charge in [0.15, 0.2) is 5.11 Å². The summed E-state index contributed by atoms with van der Waals surface area (Å²) in [6.45, 7) is 3.94. The van der Waals surface area contributed by atoms with E-state index >= 15 is 0 Å². The first-order chi connectivity index (χ1) is 12.9. The average Bonchev–Trinajstić information content (AvgIpc) is 2.58. The summed E-state index contributed by atoms with van der Waals surface area (Å²) in [4.78, 5) is 26.6. The Kier molecular flexibility index (Phi) is 5.79. The molecule has 0 saturated heterocycles. The van der Waals surface area contributed by atoms with E-state index in [4.69, 9.17) is 17.0 Å². The molecule has 2 N–H and O–H groups in total. The minimum absolute atomic E-state index is 0.0580. The average molecular weight is 388 g/mol. The van der Waals surface area contributed by atoms with Crippen molar-refractivity contribution in [3.8, 4) is 0 Å². The first-order valence-corrected chi connectivity index (χ1v) is 9.66. The molecule has 1 aliphatic heterocycles. The number of esters is 1. The molecule has 1 aliphatic carbocycles. The Labute approximate surface area is 164 Å². The molecule has 0 bridgehead atoms. The first kappa shape index (κ1) is 19.4. The van der Waals surface area contributed by atoms with Gasteiger partial charge >= 0.3 is 5.97 Å². The molecule has 1 unspecified atom stereocenters. The van der Waals surface area contributed by atoms with Crippen LogP contribution in [0.4, 0.5) is 5.69 Å². The van der Waals surface area contributed by atoms with Crippen molar-refractivity contribution in [1.82, 2.24) is 10.2 Å². The van der Waals surface area contributed by atoms with Gasteiger partial charge in [0.25, 0.3) is 0 Å². The predicted octanol–water partition coefficient (Wildman–Crippen LogP) is 3.12. The fourth-order valence-corrected chi connectivity index (χ4v) is 3.52. The second kappa shape index (κ2) is 8.08. The number of carbonyl (C=O) groups is 2. The number of thiocarbonyl (C=S) groups is 1. The third-order valence-corrected chi connectivity index (χ3v) is 5.60. The van der Waals surface area contributed by atoms with E-state index in [0.29, 0.717) is 17.3 Å². The molecule has 3 rings (SSSR count). The van der Waals surface area contributed by atoms with Crippen LogP contribution in [-0.2, 0) is 14.3 Å². The summed E-state index contributed by atoms with van der Waals surface area (Å²) in [5.41, 5.74) is 2.85. The molecule has 1 aromatic rings. The molecule has 0 spiro atoms. The third kappa shape index (κ3) is 3.98. The number of carbonyl (C=O) groups excluding carboxylic acids is 2. The Morgan fingerprint density at radius 2 is 2.11 bits per heavy atom. The lowest BCUT2D eigenvalue weighted by atomic mass is 9.85. The summed E-state index contributed by atoms with van der Waals surface area (Å²) >= 11 is 5.41. The molecule has 27 heavy (non-hydrogen) atoms. The smallest absolute Gasteiger partial charge is 0.338 e. The largest absolute Gasteiger partial charge is 0.463 e. The van der Waals surface area contributed by atoms with E-state index in [1.54, 1.807) is 11.8 Å². The molecule has 0 radical (unpaired) electrons. The van der Waals surface area contributed by atoms with E-state index in [9.17, 15) is 9.59 Å². The quantitative estimate of drug-likeness (QED) is 0.598. The van der Waals surface area contributed by atoms with Crippen LogP contribution in [-0.4, -0.2) is 35.5 Å². The molecule has 0 aromatic heterocycles. The van der Waals surface area contributed by atoms with Gasteiger partial charge in [-0.2, -0.15) is 0 Å². The van der Waals surface area contributed by atoms with Gasteiger partial charge in [-0.05, 0) is 56.6 Å². The van der Waals surface area contributed by atoms with Crippen molar-refractivity contribution >= 4 is 34.9 Å². The van der Waals surface area contributed by atoms with Crippen LogP contribution in [0.1, 0.15) is 44.7 Å². The van der Waals surface area contributed by atoms with Gasteiger partial charge in [0.05, 0.1) is 18.2 Å². The van der Waals surface area contributed by atoms with E-state index < -0.39 is 6.04 Å². The zero-order valence-electron chi connectivity index (χ0n) is 15.9. The lowest BCUT2D eigenvalue weighted by molar-refractivity contribution is -0.139. The molecule has 1 aromatic carbocycles. The second-order valence-electron chi connectivity index (χ2n) is 6.90. The molecular formula is C20H25N3O3S. The highest BCUT2D eigenvalue weighted by Crippen LogP contribution is 2.32. The maximum atomic E-state index is 12.6. The van der Waals surface area contributed by atoms with Gasteiger partial charge in [0, 0.05) is 24.4 Å². The second-order valence-corrected chi connectivity index (χ2v) is 7.29. The molecule has 1 amide bonds. The number of amides is 1. The molecule has 7 heteroatoms. The zero-order chi connectivity index (χ0) is 19.6. The van der Waals surface area contributed by atoms with Crippen molar-refractivity contribution in [3.05, 3.63) is 41.1 Å². The van der Waals surface area contributed by atoms with Gasteiger partial charge in [-0.3, -0.25) is 4.79 Å². The molecule has 1 atom stereocenters. The number of rotatable bonds is 5. The van der Waals surface area contributed by atoms with Gasteiger partial charge < -0.3 is 20.3 Å². The van der Waals surface area contributed by atoms with Crippen LogP contribution in [0.5, 0.6) is 0 Å². The number of benzene rings is 1. The van der Waals surface area contributed by atoms with Crippen molar-refractivity contribution in [1.29, 1.82) is 0 Å². The van der Waals surface area contributed by atoms with E-state index in [0.717, 1.165) is 36.2 Å². The molecular weight excluding hydrogens is 362 g/mol. The van der Waals surface area contributed by atoms with Gasteiger partial charge in [-0.25, -0.2) is 4.79 Å². The predicted molar refractivity (Wildman–Crippen MR) is 108 cm³/mol. The van der Waals surface area contributed by atoms with Crippen LogP contribution >= 0.6 is 12.2 Å². The summed E-state index contributed by atoms with van der Waals surface area (Å²) in [5, 5.41) is 6.73. The third-order valence-electron chi connectivity index (χ3n) is 5.21. The van der Waals surface area contributed by atoms with Crippen LogP contribution in [0.3, 0.4) is 0 Å². The number of allylic oxidation sites excluding steroid dienone is 1. The van der Waals surface area contributed by atoms with Crippen LogP contribution in [0, 0.1) is 5.92 Å². The fourth-order valence-electron chi connectivity index (χ4n) is 3.27. The molecule has 6 nitrogen and oxygen atoms in total. The van der Waals surface area contributed by atoms with Crippen LogP contribution in [0.25, 0.3) is 0 Å². The van der Waals surface area contributed by atoms with Crippen LogP contribution in [0.2, 0.25) is 0 Å². The van der Waals surface area contributed by atoms with Crippen molar-refractivity contribution in [3.63, 3.8) is 0 Å². The summed E-state index contributed by atoms with van der Waals surface area (Å²) in [5.74, 6) is -0.201. The highest BCUT2D eigenvalue weighted by molar-refractivity contribution is 7.80. The van der Waals surface area contributed by atoms with Gasteiger partial charge in [-0.1, -0.05) is 18.6 Å². The van der Waals surface area contributed by atoms with Gasteiger partial charge in [0.1, 0.15) is 0 Å². The minimum Gasteiger partial charge on any atom is -0.463 e. The van der Waals surface area contributed by atoms with Crippen molar-refractivity contribution in [2.45, 2.75) is 39.2 Å². The lowest BCUT2D eigenvalue weighted by Gasteiger charge is -2.35. The Bertz CT molecular complexity index is 801. The SMILES string of the molecule is CCOC(=O)C1=C(C)N(C)C(=S)NC1c1cccc(NC(=O)C2CCC2)c1. The summed E-state index contributed by atoms with van der Waals surface area (Å²) in [6, 6.07) is 7.10. The van der Waals surface area contributed by atoms with Crippen LogP contribution in [0.15, 0.2) is 35.5 Å². The number of anilines is 1. The van der Waals surface area contributed by atoms with Crippen LogP contribution < -0.4 is 10.6 Å². The Morgan fingerprint density at radius 1 is 1.37 bits per heavy atom. The molecule has 2 aliphatic rings. The number of nitrogens with one attached hydrogen (secondary N) is 2. The number of hydrogen-bond donors (Lipinski definition) is 2. The number of ether oxygens (including phenoxy) is 1. The normalized spacial score (nSPS) is 20.0. The molecule has 1 saturated carbocycles. The van der Waals surface area contributed by atoms with E-state index in [1.165, 1.54) is 0 Å². The fraction of sp³-hybridized carbons (Fsp3) is 0.450. The Balaban J connectivity index is 1.90. The standard InChI is InChI=1S/C20H25N3O3S/c1-4-26-19(25)16-12(2)23(3)20(27)22-17(16)14-9-6-10-15(11-14)21-18(24)13-7-5-8-13/h6,9-11,13,17H,4-5,7-8H2,1-3H3,(H,21,24)(H,22,27). The summed E-state index contributed by atoms with van der Waals surface area (Å²) in [6.07, 6.45) is 3.01. The highest BCUT2D eigenvalue weighted by Gasteiger charge is 2.33. The zero-order valence-corrected chi connectivity index (χ0v) is 16.7. The summed E-state index contributed by atoms with van der Waals surface area (Å²) in [7, 11) is 1.81. The highest BCUT2D eigenvalue weighted by atomic mass is 32.1. The maximum Gasteiger partial charge on any atom is 0.338 e.